The van der Waals surface area contributed by atoms with Crippen LogP contribution in [0.4, 0.5) is 11.5 Å². The lowest BCUT2D eigenvalue weighted by Gasteiger charge is -2.13. The van der Waals surface area contributed by atoms with E-state index in [4.69, 9.17) is 9.52 Å². The molecule has 0 radical (unpaired) electrons. The van der Waals surface area contributed by atoms with Crippen LogP contribution in [0.1, 0.15) is 28.5 Å². The van der Waals surface area contributed by atoms with Crippen LogP contribution in [0, 0.1) is 6.92 Å². The Bertz CT molecular complexity index is 856. The molecule has 0 aliphatic rings. The van der Waals surface area contributed by atoms with Crippen LogP contribution in [0.2, 0.25) is 0 Å². The van der Waals surface area contributed by atoms with E-state index in [9.17, 15) is 4.79 Å². The molecule has 0 saturated carbocycles. The highest BCUT2D eigenvalue weighted by molar-refractivity contribution is 5.88. The van der Waals surface area contributed by atoms with E-state index < -0.39 is 5.97 Å². The van der Waals surface area contributed by atoms with Crippen molar-refractivity contribution in [3.8, 4) is 11.4 Å². The molecule has 0 unspecified atom stereocenters. The predicted octanol–water partition coefficient (Wildman–Crippen LogP) is 4.05. The molecule has 6 nitrogen and oxygen atoms in total. The van der Waals surface area contributed by atoms with Gasteiger partial charge in [-0.15, -0.1) is 0 Å². The number of rotatable bonds is 5. The largest absolute Gasteiger partial charge is 0.478 e. The number of nitrogens with zero attached hydrogens (tertiary/aromatic N) is 2. The lowest BCUT2D eigenvalue weighted by molar-refractivity contribution is 0.0697. The average Bonchev–Trinajstić information content (AvgIpc) is 3.09. The third-order valence-corrected chi connectivity index (χ3v) is 3.74. The molecule has 0 saturated heterocycles. The summed E-state index contributed by atoms with van der Waals surface area (Å²) in [4.78, 5) is 20.1. The zero-order valence-corrected chi connectivity index (χ0v) is 13.4. The fraction of sp³-hybridized carbons (Fsp3) is 0.167. The van der Waals surface area contributed by atoms with Crippen LogP contribution >= 0.6 is 0 Å². The first-order valence-corrected chi connectivity index (χ1v) is 7.59. The third-order valence-electron chi connectivity index (χ3n) is 3.74. The van der Waals surface area contributed by atoms with E-state index in [2.05, 4.69) is 15.3 Å². The minimum Gasteiger partial charge on any atom is -0.478 e. The van der Waals surface area contributed by atoms with Crippen molar-refractivity contribution in [2.45, 2.75) is 20.3 Å². The molecule has 2 N–H and O–H groups in total. The Morgan fingerprint density at radius 3 is 2.54 bits per heavy atom. The van der Waals surface area contributed by atoms with Crippen molar-refractivity contribution in [2.24, 2.45) is 0 Å². The van der Waals surface area contributed by atoms with Gasteiger partial charge in [-0.1, -0.05) is 6.92 Å². The number of benzene rings is 1. The summed E-state index contributed by atoms with van der Waals surface area (Å²) in [6, 6.07) is 8.37. The standard InChI is InChI=1S/C18H17N3O3/c1-3-15-11(2)19-16(13-8-9-24-10-13)21-17(15)20-14-6-4-12(5-7-14)18(22)23/h4-10H,3H2,1-2H3,(H,22,23)(H,19,20,21). The fourth-order valence-corrected chi connectivity index (χ4v) is 2.48. The molecule has 3 rings (SSSR count). The fourth-order valence-electron chi connectivity index (χ4n) is 2.48. The Balaban J connectivity index is 1.98. The molecule has 24 heavy (non-hydrogen) atoms. The number of anilines is 2. The van der Waals surface area contributed by atoms with E-state index in [0.717, 1.165) is 28.9 Å². The monoisotopic (exact) mass is 323 g/mol. The summed E-state index contributed by atoms with van der Waals surface area (Å²) in [6.07, 6.45) is 3.97. The van der Waals surface area contributed by atoms with Crippen molar-refractivity contribution >= 4 is 17.5 Å². The third kappa shape index (κ3) is 3.12. The first-order valence-electron chi connectivity index (χ1n) is 7.59. The highest BCUT2D eigenvalue weighted by atomic mass is 16.4. The van der Waals surface area contributed by atoms with Gasteiger partial charge in [0, 0.05) is 16.9 Å². The molecule has 6 heteroatoms. The molecule has 1 aromatic carbocycles. The molecule has 0 amide bonds. The summed E-state index contributed by atoms with van der Waals surface area (Å²) in [6.45, 7) is 3.99. The molecule has 2 heterocycles. The van der Waals surface area contributed by atoms with Crippen LogP contribution in [-0.4, -0.2) is 21.0 Å². The molecular formula is C18H17N3O3. The van der Waals surface area contributed by atoms with Gasteiger partial charge in [-0.05, 0) is 43.7 Å². The number of hydrogen-bond donors (Lipinski definition) is 2. The van der Waals surface area contributed by atoms with E-state index >= 15 is 0 Å². The van der Waals surface area contributed by atoms with E-state index in [1.54, 1.807) is 36.8 Å². The van der Waals surface area contributed by atoms with Gasteiger partial charge in [0.15, 0.2) is 5.82 Å². The van der Waals surface area contributed by atoms with Gasteiger partial charge >= 0.3 is 5.97 Å². The van der Waals surface area contributed by atoms with Crippen LogP contribution in [-0.2, 0) is 6.42 Å². The van der Waals surface area contributed by atoms with E-state index in [1.807, 2.05) is 19.9 Å². The SMILES string of the molecule is CCc1c(C)nc(-c2ccoc2)nc1Nc1ccc(C(=O)O)cc1. The second-order valence-electron chi connectivity index (χ2n) is 5.33. The van der Waals surface area contributed by atoms with Gasteiger partial charge in [-0.3, -0.25) is 0 Å². The number of aromatic nitrogens is 2. The highest BCUT2D eigenvalue weighted by Crippen LogP contribution is 2.26. The van der Waals surface area contributed by atoms with Crippen molar-refractivity contribution in [2.75, 3.05) is 5.32 Å². The van der Waals surface area contributed by atoms with Gasteiger partial charge < -0.3 is 14.8 Å². The van der Waals surface area contributed by atoms with E-state index in [-0.39, 0.29) is 5.56 Å². The number of hydrogen-bond acceptors (Lipinski definition) is 5. The van der Waals surface area contributed by atoms with Crippen LogP contribution < -0.4 is 5.32 Å². The van der Waals surface area contributed by atoms with Crippen molar-refractivity contribution in [1.82, 2.24) is 9.97 Å². The summed E-state index contributed by atoms with van der Waals surface area (Å²) in [5, 5.41) is 12.2. The molecule has 3 aromatic rings. The molecule has 0 atom stereocenters. The van der Waals surface area contributed by atoms with Gasteiger partial charge in [-0.2, -0.15) is 0 Å². The minimum absolute atomic E-state index is 0.245. The molecule has 122 valence electrons. The van der Waals surface area contributed by atoms with Gasteiger partial charge in [0.2, 0.25) is 0 Å². The van der Waals surface area contributed by atoms with E-state index in [1.165, 1.54) is 0 Å². The smallest absolute Gasteiger partial charge is 0.335 e. The van der Waals surface area contributed by atoms with Crippen molar-refractivity contribution in [1.29, 1.82) is 0 Å². The summed E-state index contributed by atoms with van der Waals surface area (Å²) in [7, 11) is 0. The molecule has 0 spiro atoms. The summed E-state index contributed by atoms with van der Waals surface area (Å²) < 4.78 is 5.10. The molecule has 0 fully saturated rings. The Labute approximate surface area is 139 Å². The number of nitrogens with one attached hydrogen (secondary N) is 1. The Hall–Kier alpha value is -3.15. The maximum absolute atomic E-state index is 10.9. The Morgan fingerprint density at radius 2 is 1.96 bits per heavy atom. The van der Waals surface area contributed by atoms with Gasteiger partial charge in [0.05, 0.1) is 17.4 Å². The molecule has 0 bridgehead atoms. The average molecular weight is 323 g/mol. The number of aryl methyl sites for hydroxylation is 1. The van der Waals surface area contributed by atoms with Crippen molar-refractivity contribution < 1.29 is 14.3 Å². The predicted molar refractivity (Wildman–Crippen MR) is 90.5 cm³/mol. The zero-order chi connectivity index (χ0) is 17.1. The maximum atomic E-state index is 10.9. The first-order chi connectivity index (χ1) is 11.6. The Kier molecular flexibility index (Phi) is 4.29. The minimum atomic E-state index is -0.948. The summed E-state index contributed by atoms with van der Waals surface area (Å²) in [5.41, 5.74) is 3.74. The normalized spacial score (nSPS) is 10.6. The Morgan fingerprint density at radius 1 is 1.21 bits per heavy atom. The molecular weight excluding hydrogens is 306 g/mol. The van der Waals surface area contributed by atoms with Gasteiger partial charge in [0.25, 0.3) is 0 Å². The summed E-state index contributed by atoms with van der Waals surface area (Å²) >= 11 is 0. The second-order valence-corrected chi connectivity index (χ2v) is 5.33. The number of carbonyl (C=O) groups is 1. The molecule has 0 aliphatic heterocycles. The molecule has 0 aliphatic carbocycles. The van der Waals surface area contributed by atoms with Crippen LogP contribution in [0.3, 0.4) is 0 Å². The maximum Gasteiger partial charge on any atom is 0.335 e. The molecule has 2 aromatic heterocycles. The van der Waals surface area contributed by atoms with E-state index in [0.29, 0.717) is 11.6 Å². The summed E-state index contributed by atoms with van der Waals surface area (Å²) in [5.74, 6) is 0.350. The highest BCUT2D eigenvalue weighted by Gasteiger charge is 2.13. The van der Waals surface area contributed by atoms with Crippen molar-refractivity contribution in [3.63, 3.8) is 0 Å². The zero-order valence-electron chi connectivity index (χ0n) is 13.4. The second kappa shape index (κ2) is 6.54. The lowest BCUT2D eigenvalue weighted by Crippen LogP contribution is -2.05. The first kappa shape index (κ1) is 15.7. The lowest BCUT2D eigenvalue weighted by atomic mass is 10.1. The van der Waals surface area contributed by atoms with Crippen LogP contribution in [0.15, 0.2) is 47.3 Å². The number of furan rings is 1. The number of carboxylic acid groups (broad SMARTS) is 1. The quantitative estimate of drug-likeness (QED) is 0.736. The van der Waals surface area contributed by atoms with Crippen molar-refractivity contribution in [3.05, 3.63) is 59.7 Å². The topological polar surface area (TPSA) is 88.3 Å². The van der Waals surface area contributed by atoms with Crippen LogP contribution in [0.25, 0.3) is 11.4 Å². The van der Waals surface area contributed by atoms with Gasteiger partial charge in [0.1, 0.15) is 12.1 Å². The van der Waals surface area contributed by atoms with Gasteiger partial charge in [-0.25, -0.2) is 14.8 Å². The van der Waals surface area contributed by atoms with Crippen LogP contribution in [0.5, 0.6) is 0 Å². The number of aromatic carboxylic acids is 1. The number of carboxylic acids is 1.